The number of aromatic nitrogens is 1. The lowest BCUT2D eigenvalue weighted by Crippen LogP contribution is -2.25. The van der Waals surface area contributed by atoms with Crippen molar-refractivity contribution in [1.82, 2.24) is 20.9 Å². The molecule has 8 aromatic carbocycles. The van der Waals surface area contributed by atoms with Crippen molar-refractivity contribution >= 4 is 61.3 Å². The number of methoxy groups -OCH3 is 1. The first-order valence-electron chi connectivity index (χ1n) is 35.5. The highest BCUT2D eigenvalue weighted by molar-refractivity contribution is 9.10. The highest BCUT2D eigenvalue weighted by atomic mass is 79.9. The SMILES string of the molecule is C.C.C.C.C.C.C.CC(C)NC(C)c1ccc(Br)cc1.CC(C)NCCSc1ccnc2ccccc12.CC(C)Nc1ccc(Oc2ccccc2)cc1.CC(C)Nc1ccccc1C(C)C.CCCc1ccccc1NC(C)C.COc1cccc([C@@H](C)NC(C)C)c1.Cc1ccc(NC(C)C)cc1. The van der Waals surface area contributed by atoms with Gasteiger partial charge in [0.15, 0.2) is 0 Å². The molecule has 9 rings (SSSR count). The van der Waals surface area contributed by atoms with Crippen LogP contribution in [-0.4, -0.2) is 66.7 Å². The maximum atomic E-state index is 5.71. The second-order valence-corrected chi connectivity index (χ2v) is 28.9. The summed E-state index contributed by atoms with van der Waals surface area (Å²) < 4.78 is 12.0. The van der Waals surface area contributed by atoms with Gasteiger partial charge >= 0.3 is 0 Å². The molecule has 12 heteroatoms. The van der Waals surface area contributed by atoms with E-state index in [0.29, 0.717) is 60.3 Å². The van der Waals surface area contributed by atoms with Crippen molar-refractivity contribution in [3.63, 3.8) is 0 Å². The number of nitrogens with one attached hydrogen (secondary N) is 7. The molecule has 1 heterocycles. The quantitative estimate of drug-likeness (QED) is 0.0219. The number of rotatable bonds is 25. The molecule has 0 saturated heterocycles. The van der Waals surface area contributed by atoms with Gasteiger partial charge in [0.2, 0.25) is 0 Å². The number of ether oxygens (including phenoxy) is 2. The third kappa shape index (κ3) is 47.1. The van der Waals surface area contributed by atoms with Crippen LogP contribution in [-0.2, 0) is 6.42 Å². The Morgan fingerprint density at radius 2 is 0.895 bits per heavy atom. The fourth-order valence-electron chi connectivity index (χ4n) is 10.0. The van der Waals surface area contributed by atoms with Gasteiger partial charge in [-0.3, -0.25) is 4.98 Å². The van der Waals surface area contributed by atoms with Crippen LogP contribution in [0.25, 0.3) is 10.9 Å². The van der Waals surface area contributed by atoms with Crippen molar-refractivity contribution < 1.29 is 9.47 Å². The van der Waals surface area contributed by atoms with Crippen LogP contribution < -0.4 is 46.7 Å². The maximum absolute atomic E-state index is 5.71. The second-order valence-electron chi connectivity index (χ2n) is 26.8. The zero-order valence-electron chi connectivity index (χ0n) is 63.4. The van der Waals surface area contributed by atoms with E-state index >= 15 is 0 Å². The van der Waals surface area contributed by atoms with Gasteiger partial charge in [0.05, 0.1) is 12.6 Å². The minimum absolute atomic E-state index is 0. The van der Waals surface area contributed by atoms with E-state index in [4.69, 9.17) is 9.47 Å². The Labute approximate surface area is 658 Å². The number of fused-ring (bicyclic) bond motifs is 1. The number of halogens is 1. The Hall–Kier alpha value is -7.32. The standard InChI is InChI=1S/C15H17NO.C14H18N2S.C12H19NO.2C12H19N.C11H16BrN.C10H15N.7CH4/c1-12(2)16-13-8-10-15(11-9-13)17-14-6-4-3-5-7-14;1-11(2)15-9-10-17-14-7-8-16-13-6-4-3-5-12(13)14;1-9(2)13-10(3)11-6-5-7-12(8-11)14-4;1-9(2)11-7-5-6-8-12(11)13-10(3)4;1-4-7-11-8-5-6-9-12(11)13-10(2)3;1-8(2)13-9(3)10-4-6-11(12)7-5-10;1-8(2)11-10-6-4-9(3)5-7-10;;;;;;;/h3-12,16H,1-2H3;3-8,11,15H,9-10H2,1-2H3;5-10,13H,1-4H3;5-10,13H,1-4H3;5-6,8-10,13H,4,7H2,1-3H3;4-9,13H,1-3H3;4-8,11H,1-3H3;7*1H4/t;;10-;;;;;;;;;;;/m..1.........../s1. The van der Waals surface area contributed by atoms with Gasteiger partial charge in [0, 0.05) is 110 Å². The lowest BCUT2D eigenvalue weighted by atomic mass is 10.0. The molecular weight excluding hydrogens is 1370 g/mol. The summed E-state index contributed by atoms with van der Waals surface area (Å²) in [5, 5.41) is 25.2. The summed E-state index contributed by atoms with van der Waals surface area (Å²) in [6.45, 7) is 44.3. The number of anilines is 4. The van der Waals surface area contributed by atoms with Crippen molar-refractivity contribution in [1.29, 1.82) is 0 Å². The molecule has 0 aliphatic carbocycles. The average Bonchev–Trinajstić information content (AvgIpc) is 0.836. The predicted octanol–water partition coefficient (Wildman–Crippen LogP) is 28.2. The summed E-state index contributed by atoms with van der Waals surface area (Å²) in [7, 11) is 1.69. The van der Waals surface area contributed by atoms with Gasteiger partial charge in [0.25, 0.3) is 0 Å². The molecule has 0 aliphatic rings. The minimum atomic E-state index is 0. The molecule has 0 radical (unpaired) electrons. The molecule has 0 spiro atoms. The van der Waals surface area contributed by atoms with Crippen LogP contribution >= 0.6 is 27.7 Å². The number of thioether (sulfide) groups is 1. The van der Waals surface area contributed by atoms with Crippen molar-refractivity contribution in [2.75, 3.05) is 40.7 Å². The number of hydrogen-bond acceptors (Lipinski definition) is 11. The van der Waals surface area contributed by atoms with Gasteiger partial charge in [-0.15, -0.1) is 11.8 Å². The fraction of sp³-hybridized carbons (Fsp3) is 0.452. The van der Waals surface area contributed by atoms with Gasteiger partial charge in [-0.1, -0.05) is 251 Å². The zero-order chi connectivity index (χ0) is 72.4. The number of aryl methyl sites for hydroxylation is 2. The normalized spacial score (nSPS) is 10.6. The molecule has 588 valence electrons. The molecule has 0 aliphatic heterocycles. The molecule has 0 saturated carbocycles. The Morgan fingerprint density at radius 3 is 1.41 bits per heavy atom. The first-order chi connectivity index (χ1) is 46.8. The fourth-order valence-corrected chi connectivity index (χ4v) is 11.2. The summed E-state index contributed by atoms with van der Waals surface area (Å²) in [6, 6.07) is 74.6. The third-order valence-electron chi connectivity index (χ3n) is 14.5. The van der Waals surface area contributed by atoms with E-state index in [9.17, 15) is 0 Å². The van der Waals surface area contributed by atoms with Crippen molar-refractivity contribution in [3.05, 3.63) is 245 Å². The predicted molar refractivity (Wildman–Crippen MR) is 483 cm³/mol. The second kappa shape index (κ2) is 60.8. The van der Waals surface area contributed by atoms with Gasteiger partial charge in [-0.2, -0.15) is 0 Å². The molecule has 1 unspecified atom stereocenters. The van der Waals surface area contributed by atoms with Crippen LogP contribution in [0.1, 0.15) is 236 Å². The highest BCUT2D eigenvalue weighted by Crippen LogP contribution is 2.28. The summed E-state index contributed by atoms with van der Waals surface area (Å²) in [4.78, 5) is 5.69. The first kappa shape index (κ1) is 106. The van der Waals surface area contributed by atoms with Gasteiger partial charge in [-0.05, 0) is 208 Å². The Kier molecular flexibility index (Phi) is 61.5. The molecule has 0 amide bonds. The number of benzene rings is 8. The summed E-state index contributed by atoms with van der Waals surface area (Å²) in [6.07, 6.45) is 4.26. The van der Waals surface area contributed by atoms with Gasteiger partial charge in [-0.25, -0.2) is 0 Å². The van der Waals surface area contributed by atoms with E-state index in [1.807, 2.05) is 90.8 Å². The maximum Gasteiger partial charge on any atom is 0.127 e. The summed E-state index contributed by atoms with van der Waals surface area (Å²) >= 11 is 5.31. The van der Waals surface area contributed by atoms with Crippen LogP contribution in [0.2, 0.25) is 0 Å². The van der Waals surface area contributed by atoms with Crippen LogP contribution in [0.3, 0.4) is 0 Å². The molecule has 10 nitrogen and oxygen atoms in total. The summed E-state index contributed by atoms with van der Waals surface area (Å²) in [5.41, 5.74) is 12.7. The monoisotopic (exact) mass is 1520 g/mol. The number of pyridine rings is 1. The Morgan fingerprint density at radius 1 is 0.429 bits per heavy atom. The molecule has 9 aromatic rings. The van der Waals surface area contributed by atoms with E-state index in [2.05, 4.69) is 330 Å². The molecule has 0 fully saturated rings. The van der Waals surface area contributed by atoms with Crippen LogP contribution in [0.15, 0.2) is 222 Å². The molecule has 7 N–H and O–H groups in total. The number of hydrogen-bond donors (Lipinski definition) is 7. The molecule has 105 heavy (non-hydrogen) atoms. The molecule has 0 bridgehead atoms. The highest BCUT2D eigenvalue weighted by Gasteiger charge is 2.10. The number of para-hydroxylation sites is 4. The average molecular weight is 1530 g/mol. The molecule has 1 aromatic heterocycles. The number of nitrogens with zero attached hydrogens (tertiary/aromatic N) is 1. The lowest BCUT2D eigenvalue weighted by molar-refractivity contribution is 0.412. The van der Waals surface area contributed by atoms with Crippen LogP contribution in [0.5, 0.6) is 17.2 Å². The van der Waals surface area contributed by atoms with Crippen LogP contribution in [0, 0.1) is 6.92 Å². The largest absolute Gasteiger partial charge is 0.497 e. The van der Waals surface area contributed by atoms with E-state index in [1.54, 1.807) is 7.11 Å². The molecule has 2 atom stereocenters. The zero-order valence-corrected chi connectivity index (χ0v) is 65.8. The van der Waals surface area contributed by atoms with Gasteiger partial charge < -0.3 is 46.7 Å². The van der Waals surface area contributed by atoms with E-state index in [1.165, 1.54) is 61.6 Å². The van der Waals surface area contributed by atoms with Gasteiger partial charge in [0.1, 0.15) is 17.2 Å². The van der Waals surface area contributed by atoms with E-state index in [0.717, 1.165) is 51.6 Å². The van der Waals surface area contributed by atoms with Crippen molar-refractivity contribution in [2.24, 2.45) is 0 Å². The molecular formula is C93H151BrN8O2S. The third-order valence-corrected chi connectivity index (χ3v) is 16.1. The Balaban J connectivity index is -0.000000368. The van der Waals surface area contributed by atoms with Crippen LogP contribution in [0.4, 0.5) is 22.7 Å². The van der Waals surface area contributed by atoms with Crippen molar-refractivity contribution in [3.8, 4) is 17.2 Å². The minimum Gasteiger partial charge on any atom is -0.497 e. The van der Waals surface area contributed by atoms with E-state index < -0.39 is 0 Å². The topological polar surface area (TPSA) is 116 Å². The smallest absolute Gasteiger partial charge is 0.127 e. The lowest BCUT2D eigenvalue weighted by Gasteiger charge is -2.17. The first-order valence-corrected chi connectivity index (χ1v) is 37.3. The van der Waals surface area contributed by atoms with Crippen molar-refractivity contribution in [2.45, 2.75) is 268 Å². The Bertz CT molecular complexity index is 3480. The van der Waals surface area contributed by atoms with E-state index in [-0.39, 0.29) is 52.0 Å². The summed E-state index contributed by atoms with van der Waals surface area (Å²) in [5.74, 6) is 4.30.